The van der Waals surface area contributed by atoms with E-state index in [2.05, 4.69) is 15.5 Å². The molecule has 0 fully saturated rings. The second-order valence-corrected chi connectivity index (χ2v) is 7.28. The van der Waals surface area contributed by atoms with Crippen LogP contribution >= 0.6 is 11.3 Å². The van der Waals surface area contributed by atoms with Gasteiger partial charge in [-0.25, -0.2) is 0 Å². The maximum atomic E-state index is 13.0. The van der Waals surface area contributed by atoms with Crippen molar-refractivity contribution < 1.29 is 23.5 Å². The van der Waals surface area contributed by atoms with E-state index in [4.69, 9.17) is 18.7 Å². The molecule has 0 spiro atoms. The molecule has 146 valence electrons. The van der Waals surface area contributed by atoms with Crippen molar-refractivity contribution in [2.24, 2.45) is 0 Å². The Balaban J connectivity index is 1.72. The molecule has 1 amide bonds. The third-order valence-corrected chi connectivity index (χ3v) is 5.56. The van der Waals surface area contributed by atoms with E-state index in [9.17, 15) is 4.79 Å². The Morgan fingerprint density at radius 3 is 2.86 bits per heavy atom. The molecule has 1 aliphatic rings. The number of carbonyl (C=O) groups is 1. The second kappa shape index (κ2) is 7.61. The number of anilines is 1. The van der Waals surface area contributed by atoms with Gasteiger partial charge in [0.1, 0.15) is 16.5 Å². The predicted octanol–water partition coefficient (Wildman–Crippen LogP) is 3.45. The molecular formula is C19H19N3O5S. The summed E-state index contributed by atoms with van der Waals surface area (Å²) in [5.41, 5.74) is 2.25. The van der Waals surface area contributed by atoms with Crippen LogP contribution in [-0.4, -0.2) is 36.9 Å². The van der Waals surface area contributed by atoms with Gasteiger partial charge in [-0.3, -0.25) is 4.79 Å². The van der Waals surface area contributed by atoms with Crippen LogP contribution in [0.4, 0.5) is 5.00 Å². The molecule has 1 aromatic carbocycles. The van der Waals surface area contributed by atoms with Crippen molar-refractivity contribution in [3.8, 4) is 23.0 Å². The fourth-order valence-electron chi connectivity index (χ4n) is 3.10. The van der Waals surface area contributed by atoms with Gasteiger partial charge < -0.3 is 24.1 Å². The van der Waals surface area contributed by atoms with E-state index >= 15 is 0 Å². The number of carbonyl (C=O) groups excluding carboxylic acids is 1. The first-order valence-electron chi connectivity index (χ1n) is 8.67. The van der Waals surface area contributed by atoms with Gasteiger partial charge in [0.2, 0.25) is 0 Å². The van der Waals surface area contributed by atoms with Crippen molar-refractivity contribution in [2.45, 2.75) is 20.0 Å². The van der Waals surface area contributed by atoms with E-state index in [1.807, 2.05) is 0 Å². The highest BCUT2D eigenvalue weighted by Crippen LogP contribution is 2.43. The first-order chi connectivity index (χ1) is 13.6. The number of amides is 1. The number of hydrogen-bond acceptors (Lipinski definition) is 8. The number of nitrogens with zero attached hydrogens (tertiary/aromatic N) is 2. The molecule has 0 aliphatic carbocycles. The Morgan fingerprint density at radius 2 is 2.14 bits per heavy atom. The minimum Gasteiger partial charge on any atom is -0.497 e. The highest BCUT2D eigenvalue weighted by molar-refractivity contribution is 7.17. The van der Waals surface area contributed by atoms with E-state index in [-0.39, 0.29) is 5.91 Å². The lowest BCUT2D eigenvalue weighted by atomic mass is 10.1. The fourth-order valence-corrected chi connectivity index (χ4v) is 4.27. The summed E-state index contributed by atoms with van der Waals surface area (Å²) in [6.07, 6.45) is 0.727. The predicted molar refractivity (Wildman–Crippen MR) is 103 cm³/mol. The average Bonchev–Trinajstić information content (AvgIpc) is 3.29. The summed E-state index contributed by atoms with van der Waals surface area (Å²) in [6.45, 7) is 2.88. The van der Waals surface area contributed by atoms with Crippen molar-refractivity contribution in [3.05, 3.63) is 40.0 Å². The Kier molecular flexibility index (Phi) is 5.01. The Labute approximate surface area is 165 Å². The summed E-state index contributed by atoms with van der Waals surface area (Å²) in [7, 11) is 3.07. The first-order valence-corrected chi connectivity index (χ1v) is 9.48. The average molecular weight is 401 g/mol. The van der Waals surface area contributed by atoms with Crippen molar-refractivity contribution >= 4 is 22.2 Å². The second-order valence-electron chi connectivity index (χ2n) is 6.18. The maximum absolute atomic E-state index is 13.0. The summed E-state index contributed by atoms with van der Waals surface area (Å²) in [5, 5.41) is 7.52. The quantitative estimate of drug-likeness (QED) is 0.699. The van der Waals surface area contributed by atoms with Gasteiger partial charge in [0, 0.05) is 10.9 Å². The molecule has 8 nitrogen and oxygen atoms in total. The first kappa shape index (κ1) is 18.5. The number of rotatable bonds is 5. The molecule has 0 radical (unpaired) electrons. The van der Waals surface area contributed by atoms with E-state index in [0.717, 1.165) is 22.4 Å². The third kappa shape index (κ3) is 3.34. The van der Waals surface area contributed by atoms with Crippen LogP contribution in [0, 0.1) is 6.92 Å². The smallest absolute Gasteiger partial charge is 0.261 e. The molecule has 0 unspecified atom stereocenters. The number of ether oxygens (including phenoxy) is 3. The van der Waals surface area contributed by atoms with Gasteiger partial charge in [-0.1, -0.05) is 5.16 Å². The lowest BCUT2D eigenvalue weighted by molar-refractivity contribution is 0.102. The summed E-state index contributed by atoms with van der Waals surface area (Å²) < 4.78 is 21.5. The summed E-state index contributed by atoms with van der Waals surface area (Å²) >= 11 is 1.46. The lowest BCUT2D eigenvalue weighted by Gasteiger charge is -2.12. The van der Waals surface area contributed by atoms with Crippen LogP contribution in [0.15, 0.2) is 22.7 Å². The van der Waals surface area contributed by atoms with Gasteiger partial charge >= 0.3 is 0 Å². The van der Waals surface area contributed by atoms with Gasteiger partial charge in [0.15, 0.2) is 5.82 Å². The largest absolute Gasteiger partial charge is 0.497 e. The van der Waals surface area contributed by atoms with Gasteiger partial charge in [-0.15, -0.1) is 11.3 Å². The summed E-state index contributed by atoms with van der Waals surface area (Å²) in [5.74, 6) is 1.68. The SMILES string of the molecule is COc1ccc(C(=O)Nc2sc3c(c2-c2nc(C)no2)CCOC3)c(OC)c1. The molecule has 0 atom stereocenters. The van der Waals surface area contributed by atoms with Crippen molar-refractivity contribution in [3.63, 3.8) is 0 Å². The Bertz CT molecular complexity index is 1030. The zero-order valence-electron chi connectivity index (χ0n) is 15.7. The topological polar surface area (TPSA) is 95.7 Å². The van der Waals surface area contributed by atoms with Crippen LogP contribution in [0.3, 0.4) is 0 Å². The lowest BCUT2D eigenvalue weighted by Crippen LogP contribution is -2.13. The van der Waals surface area contributed by atoms with Crippen molar-refractivity contribution in [1.29, 1.82) is 0 Å². The molecule has 0 saturated carbocycles. The number of thiophene rings is 1. The van der Waals surface area contributed by atoms with Gasteiger partial charge in [-0.05, 0) is 31.0 Å². The van der Waals surface area contributed by atoms with Gasteiger partial charge in [0.05, 0.1) is 38.6 Å². The van der Waals surface area contributed by atoms with Crippen molar-refractivity contribution in [2.75, 3.05) is 26.1 Å². The Hall–Kier alpha value is -2.91. The summed E-state index contributed by atoms with van der Waals surface area (Å²) in [4.78, 5) is 18.4. The molecule has 3 aromatic rings. The minimum atomic E-state index is -0.295. The highest BCUT2D eigenvalue weighted by atomic mass is 32.1. The molecule has 4 rings (SSSR count). The number of hydrogen-bond donors (Lipinski definition) is 1. The van der Waals surface area contributed by atoms with E-state index in [1.54, 1.807) is 32.2 Å². The number of methoxy groups -OCH3 is 2. The normalized spacial score (nSPS) is 13.1. The highest BCUT2D eigenvalue weighted by Gasteiger charge is 2.27. The number of aromatic nitrogens is 2. The molecule has 0 saturated heterocycles. The number of benzene rings is 1. The Morgan fingerprint density at radius 1 is 1.29 bits per heavy atom. The molecule has 9 heteroatoms. The van der Waals surface area contributed by atoms with Crippen LogP contribution in [0.2, 0.25) is 0 Å². The molecular weight excluding hydrogens is 382 g/mol. The molecule has 0 bridgehead atoms. The minimum absolute atomic E-state index is 0.295. The maximum Gasteiger partial charge on any atom is 0.261 e. The molecule has 1 N–H and O–H groups in total. The number of nitrogens with one attached hydrogen (secondary N) is 1. The zero-order chi connectivity index (χ0) is 19.7. The monoisotopic (exact) mass is 401 g/mol. The number of aryl methyl sites for hydroxylation is 1. The van der Waals surface area contributed by atoms with Gasteiger partial charge in [-0.2, -0.15) is 4.98 Å². The van der Waals surface area contributed by atoms with E-state index in [1.165, 1.54) is 18.4 Å². The number of fused-ring (bicyclic) bond motifs is 1. The van der Waals surface area contributed by atoms with Crippen LogP contribution in [-0.2, 0) is 17.8 Å². The fraction of sp³-hybridized carbons (Fsp3) is 0.316. The molecule has 2 aromatic heterocycles. The summed E-state index contributed by atoms with van der Waals surface area (Å²) in [6, 6.07) is 5.05. The van der Waals surface area contributed by atoms with Crippen LogP contribution < -0.4 is 14.8 Å². The van der Waals surface area contributed by atoms with Crippen LogP contribution in [0.1, 0.15) is 26.6 Å². The van der Waals surface area contributed by atoms with Gasteiger partial charge in [0.25, 0.3) is 11.8 Å². The molecule has 3 heterocycles. The third-order valence-electron chi connectivity index (χ3n) is 4.44. The van der Waals surface area contributed by atoms with E-state index in [0.29, 0.717) is 47.0 Å². The standard InChI is InChI=1S/C19H19N3O5S/c1-10-20-18(27-22-10)16-13-6-7-26-9-15(13)28-19(16)21-17(23)12-5-4-11(24-2)8-14(12)25-3/h4-5,8H,6-7,9H2,1-3H3,(H,21,23). The van der Waals surface area contributed by atoms with Crippen LogP contribution in [0.25, 0.3) is 11.5 Å². The molecule has 1 aliphatic heterocycles. The van der Waals surface area contributed by atoms with Crippen LogP contribution in [0.5, 0.6) is 11.5 Å². The zero-order valence-corrected chi connectivity index (χ0v) is 16.5. The van der Waals surface area contributed by atoms with Crippen molar-refractivity contribution in [1.82, 2.24) is 10.1 Å². The molecule has 28 heavy (non-hydrogen) atoms. The van der Waals surface area contributed by atoms with E-state index < -0.39 is 0 Å².